The Morgan fingerprint density at radius 3 is 2.72 bits per heavy atom. The van der Waals surface area contributed by atoms with E-state index in [1.54, 1.807) is 12.6 Å². The fraction of sp³-hybridized carbons (Fsp3) is 0.500. The Hall–Kier alpha value is -1.67. The number of nitrogens with one attached hydrogen (secondary N) is 1. The van der Waals surface area contributed by atoms with Crippen molar-refractivity contribution in [2.75, 3.05) is 13.7 Å². The maximum Gasteiger partial charge on any atom is 0.328 e. The molecule has 1 heterocycles. The zero-order chi connectivity index (χ0) is 13.7. The Morgan fingerprint density at radius 1 is 1.61 bits per heavy atom. The maximum atomic E-state index is 11.7. The molecular formula is C10H15N3O4S. The number of thiazole rings is 1. The Balaban J connectivity index is 2.56. The Bertz CT molecular complexity index is 435. The monoisotopic (exact) mass is 273 g/mol. The number of rotatable bonds is 5. The summed E-state index contributed by atoms with van der Waals surface area (Å²) in [6.45, 7) is 1.54. The Labute approximate surface area is 108 Å². The molecule has 1 aromatic heterocycles. The molecule has 0 aliphatic heterocycles. The van der Waals surface area contributed by atoms with E-state index in [4.69, 9.17) is 10.2 Å². The molecule has 18 heavy (non-hydrogen) atoms. The van der Waals surface area contributed by atoms with E-state index in [1.807, 2.05) is 6.92 Å². The third-order valence-corrected chi connectivity index (χ3v) is 3.27. The van der Waals surface area contributed by atoms with Crippen LogP contribution in [0, 0.1) is 6.92 Å². The number of carboxylic acid groups (broad SMARTS) is 1. The lowest BCUT2D eigenvalue weighted by atomic mass is 10.3. The summed E-state index contributed by atoms with van der Waals surface area (Å²) in [6.07, 6.45) is 0. The van der Waals surface area contributed by atoms with Gasteiger partial charge < -0.3 is 20.4 Å². The van der Waals surface area contributed by atoms with Crippen LogP contribution in [0.15, 0.2) is 5.51 Å². The van der Waals surface area contributed by atoms with Crippen molar-refractivity contribution in [3.05, 3.63) is 16.1 Å². The van der Waals surface area contributed by atoms with Gasteiger partial charge in [-0.2, -0.15) is 0 Å². The lowest BCUT2D eigenvalue weighted by Crippen LogP contribution is -2.48. The van der Waals surface area contributed by atoms with E-state index in [9.17, 15) is 9.59 Å². The first-order valence-electron chi connectivity index (χ1n) is 5.20. The smallest absolute Gasteiger partial charge is 0.328 e. The molecule has 0 spiro atoms. The van der Waals surface area contributed by atoms with Crippen LogP contribution in [0.1, 0.15) is 10.6 Å². The molecule has 8 heteroatoms. The minimum atomic E-state index is -1.29. The number of carbonyl (C=O) groups excluding carboxylic acids is 1. The molecule has 3 N–H and O–H groups in total. The molecule has 0 aromatic carbocycles. The molecule has 0 bridgehead atoms. The third-order valence-electron chi connectivity index (χ3n) is 2.35. The second-order valence-electron chi connectivity index (χ2n) is 3.74. The highest BCUT2D eigenvalue weighted by Gasteiger charge is 2.21. The molecule has 7 nitrogen and oxygen atoms in total. The van der Waals surface area contributed by atoms with Gasteiger partial charge >= 0.3 is 12.0 Å². The van der Waals surface area contributed by atoms with E-state index >= 15 is 0 Å². The van der Waals surface area contributed by atoms with E-state index in [-0.39, 0.29) is 0 Å². The molecule has 1 rings (SSSR count). The van der Waals surface area contributed by atoms with Crippen molar-refractivity contribution < 1.29 is 19.8 Å². The van der Waals surface area contributed by atoms with E-state index in [0.29, 0.717) is 6.54 Å². The molecular weight excluding hydrogens is 258 g/mol. The second kappa shape index (κ2) is 6.31. The van der Waals surface area contributed by atoms with Crippen molar-refractivity contribution in [1.82, 2.24) is 15.2 Å². The summed E-state index contributed by atoms with van der Waals surface area (Å²) in [5.41, 5.74) is 2.53. The maximum absolute atomic E-state index is 11.7. The second-order valence-corrected chi connectivity index (χ2v) is 4.68. The summed E-state index contributed by atoms with van der Waals surface area (Å²) in [5.74, 6) is -1.27. The highest BCUT2D eigenvalue weighted by atomic mass is 32.1. The molecule has 2 amide bonds. The van der Waals surface area contributed by atoms with Gasteiger partial charge in [-0.1, -0.05) is 0 Å². The van der Waals surface area contributed by atoms with Crippen molar-refractivity contribution in [3.63, 3.8) is 0 Å². The molecule has 100 valence electrons. The topological polar surface area (TPSA) is 103 Å². The van der Waals surface area contributed by atoms with Crippen LogP contribution in [0.25, 0.3) is 0 Å². The number of aliphatic hydroxyl groups is 1. The highest BCUT2D eigenvalue weighted by molar-refractivity contribution is 7.09. The minimum Gasteiger partial charge on any atom is -0.480 e. The minimum absolute atomic E-state index is 0.347. The summed E-state index contributed by atoms with van der Waals surface area (Å²) in [6, 6.07) is -1.84. The van der Waals surface area contributed by atoms with Crippen molar-refractivity contribution in [2.24, 2.45) is 0 Å². The van der Waals surface area contributed by atoms with E-state index in [2.05, 4.69) is 10.3 Å². The van der Waals surface area contributed by atoms with Gasteiger partial charge in [-0.25, -0.2) is 14.6 Å². The number of carboxylic acids is 1. The van der Waals surface area contributed by atoms with Gasteiger partial charge in [0.05, 0.1) is 24.4 Å². The van der Waals surface area contributed by atoms with Crippen LogP contribution >= 0.6 is 11.3 Å². The Kier molecular flexibility index (Phi) is 5.05. The molecule has 0 saturated carbocycles. The van der Waals surface area contributed by atoms with Gasteiger partial charge in [0.1, 0.15) is 0 Å². The predicted octanol–water partition coefficient (Wildman–Crippen LogP) is 0.0384. The van der Waals surface area contributed by atoms with E-state index < -0.39 is 24.6 Å². The lowest BCUT2D eigenvalue weighted by molar-refractivity contribution is -0.140. The van der Waals surface area contributed by atoms with Gasteiger partial charge in [-0.3, -0.25) is 0 Å². The molecule has 1 aromatic rings. The average molecular weight is 273 g/mol. The van der Waals surface area contributed by atoms with Crippen LogP contribution in [-0.4, -0.2) is 51.8 Å². The quantitative estimate of drug-likeness (QED) is 0.703. The molecule has 0 saturated heterocycles. The summed E-state index contributed by atoms with van der Waals surface area (Å²) in [5, 5.41) is 19.7. The zero-order valence-corrected chi connectivity index (χ0v) is 10.9. The number of nitrogens with zero attached hydrogens (tertiary/aromatic N) is 2. The number of hydrogen-bond donors (Lipinski definition) is 3. The molecule has 0 fully saturated rings. The summed E-state index contributed by atoms with van der Waals surface area (Å²) >= 11 is 1.43. The largest absolute Gasteiger partial charge is 0.480 e. The summed E-state index contributed by atoms with van der Waals surface area (Å²) in [7, 11) is 1.55. The van der Waals surface area contributed by atoms with Gasteiger partial charge in [0.2, 0.25) is 0 Å². The van der Waals surface area contributed by atoms with E-state index in [1.165, 1.54) is 16.2 Å². The van der Waals surface area contributed by atoms with Crippen LogP contribution in [0.4, 0.5) is 4.79 Å². The standard InChI is InChI=1S/C10H15N3O4S/c1-6-8(18-5-11-6)3-13(2)10(17)12-7(4-14)9(15)16/h5,7,14H,3-4H2,1-2H3,(H,12,17)(H,15,16). The number of aliphatic hydroxyl groups excluding tert-OH is 1. The van der Waals surface area contributed by atoms with E-state index in [0.717, 1.165) is 10.6 Å². The van der Waals surface area contributed by atoms with Gasteiger partial charge in [0.25, 0.3) is 0 Å². The fourth-order valence-corrected chi connectivity index (χ4v) is 2.04. The number of aryl methyl sites for hydroxylation is 1. The number of aromatic nitrogens is 1. The highest BCUT2D eigenvalue weighted by Crippen LogP contribution is 2.14. The zero-order valence-electron chi connectivity index (χ0n) is 10.1. The molecule has 0 radical (unpaired) electrons. The first-order valence-corrected chi connectivity index (χ1v) is 6.08. The lowest BCUT2D eigenvalue weighted by Gasteiger charge is -2.20. The summed E-state index contributed by atoms with van der Waals surface area (Å²) < 4.78 is 0. The first-order chi connectivity index (χ1) is 8.45. The molecule has 0 aliphatic carbocycles. The average Bonchev–Trinajstić information content (AvgIpc) is 2.71. The number of aliphatic carboxylic acids is 1. The van der Waals surface area contributed by atoms with Crippen LogP contribution < -0.4 is 5.32 Å². The number of hydrogen-bond acceptors (Lipinski definition) is 5. The van der Waals surface area contributed by atoms with Crippen molar-refractivity contribution in [3.8, 4) is 0 Å². The first kappa shape index (κ1) is 14.4. The van der Waals surface area contributed by atoms with Crippen LogP contribution in [0.3, 0.4) is 0 Å². The summed E-state index contributed by atoms with van der Waals surface area (Å²) in [4.78, 5) is 28.7. The Morgan fingerprint density at radius 2 is 2.28 bits per heavy atom. The van der Waals surface area contributed by atoms with Crippen LogP contribution in [-0.2, 0) is 11.3 Å². The van der Waals surface area contributed by atoms with Crippen molar-refractivity contribution in [1.29, 1.82) is 0 Å². The van der Waals surface area contributed by atoms with Gasteiger partial charge in [-0.05, 0) is 6.92 Å². The molecule has 0 aliphatic rings. The van der Waals surface area contributed by atoms with Gasteiger partial charge in [-0.15, -0.1) is 11.3 Å². The number of carbonyl (C=O) groups is 2. The van der Waals surface area contributed by atoms with Crippen molar-refractivity contribution >= 4 is 23.3 Å². The van der Waals surface area contributed by atoms with Gasteiger partial charge in [0, 0.05) is 11.9 Å². The predicted molar refractivity (Wildman–Crippen MR) is 65.4 cm³/mol. The SMILES string of the molecule is Cc1ncsc1CN(C)C(=O)NC(CO)C(=O)O. The number of urea groups is 1. The molecule has 1 atom stereocenters. The number of amides is 2. The van der Waals surface area contributed by atoms with Crippen molar-refractivity contribution in [2.45, 2.75) is 19.5 Å². The fourth-order valence-electron chi connectivity index (χ4n) is 1.21. The normalized spacial score (nSPS) is 11.9. The third kappa shape index (κ3) is 3.67. The van der Waals surface area contributed by atoms with Crippen LogP contribution in [0.5, 0.6) is 0 Å². The molecule has 1 unspecified atom stereocenters. The van der Waals surface area contributed by atoms with Crippen LogP contribution in [0.2, 0.25) is 0 Å². The van der Waals surface area contributed by atoms with Gasteiger partial charge in [0.15, 0.2) is 6.04 Å².